The molecule has 0 aliphatic carbocycles. The number of carbonyl (C=O) groups is 1. The normalized spacial score (nSPS) is 11.4. The number of ketones is 1. The fraction of sp³-hybridized carbons (Fsp3) is 0.700. The number of hydrogen-bond acceptors (Lipinski definition) is 2. The number of Topliss-reactive ketones (excluding diaryl/α,β-unsaturated/α-hetero) is 1. The van der Waals surface area contributed by atoms with Gasteiger partial charge in [0.25, 0.3) is 0 Å². The molecule has 0 aromatic rings. The fourth-order valence-electron chi connectivity index (χ4n) is 0.990. The van der Waals surface area contributed by atoms with Gasteiger partial charge in [-0.25, -0.2) is 0 Å². The highest BCUT2D eigenvalue weighted by Crippen LogP contribution is 2.14. The number of carbonyl (C=O) groups excluding carboxylic acids is 1. The highest BCUT2D eigenvalue weighted by molar-refractivity contribution is 6.71. The summed E-state index contributed by atoms with van der Waals surface area (Å²) in [6.45, 7) is 9.72. The maximum absolute atomic E-state index is 11.2. The molecule has 0 rings (SSSR count). The first-order valence-electron chi connectivity index (χ1n) is 4.63. The van der Waals surface area contributed by atoms with Gasteiger partial charge in [-0.2, -0.15) is 0 Å². The van der Waals surface area contributed by atoms with E-state index in [1.165, 1.54) is 0 Å². The minimum absolute atomic E-state index is 0.181. The van der Waals surface area contributed by atoms with E-state index in [0.717, 1.165) is 12.5 Å². The van der Waals surface area contributed by atoms with Crippen molar-refractivity contribution in [3.8, 4) is 0 Å². The molecule has 0 radical (unpaired) electrons. The van der Waals surface area contributed by atoms with E-state index in [2.05, 4.69) is 19.7 Å². The largest absolute Gasteiger partial charge is 0.420 e. The Hall–Kier alpha value is -0.413. The molecule has 0 bridgehead atoms. The van der Waals surface area contributed by atoms with Gasteiger partial charge in [-0.15, -0.1) is 0 Å². The Kier molecular flexibility index (Phi) is 5.18. The Balaban J connectivity index is 3.68. The molecule has 0 aliphatic heterocycles. The van der Waals surface area contributed by atoms with Crippen molar-refractivity contribution in [1.82, 2.24) is 0 Å². The van der Waals surface area contributed by atoms with Gasteiger partial charge in [-0.1, -0.05) is 6.58 Å². The molecule has 0 fully saturated rings. The third kappa shape index (κ3) is 5.77. The Morgan fingerprint density at radius 1 is 1.46 bits per heavy atom. The summed E-state index contributed by atoms with van der Waals surface area (Å²) in [6.07, 6.45) is 1.55. The first-order valence-corrected chi connectivity index (χ1v) is 7.74. The molecule has 0 atom stereocenters. The molecule has 3 heteroatoms. The molecule has 13 heavy (non-hydrogen) atoms. The molecule has 0 aliphatic rings. The van der Waals surface area contributed by atoms with Gasteiger partial charge in [0.2, 0.25) is 0 Å². The molecule has 0 aromatic carbocycles. The molecule has 0 saturated heterocycles. The van der Waals surface area contributed by atoms with Gasteiger partial charge in [0.15, 0.2) is 14.1 Å². The number of allylic oxidation sites excluding steroid dienone is 1. The summed E-state index contributed by atoms with van der Waals surface area (Å²) in [5.74, 6) is 0.181. The third-order valence-corrected chi connectivity index (χ3v) is 4.87. The van der Waals surface area contributed by atoms with Crippen LogP contribution in [0.3, 0.4) is 0 Å². The maximum atomic E-state index is 11.2. The highest BCUT2D eigenvalue weighted by Gasteiger charge is 2.20. The topological polar surface area (TPSA) is 26.3 Å². The van der Waals surface area contributed by atoms with Crippen LogP contribution in [-0.4, -0.2) is 21.2 Å². The lowest BCUT2D eigenvalue weighted by Gasteiger charge is -2.19. The van der Waals surface area contributed by atoms with Gasteiger partial charge in [0.1, 0.15) is 0 Å². The fourth-order valence-corrected chi connectivity index (χ4v) is 2.22. The summed E-state index contributed by atoms with van der Waals surface area (Å²) in [5, 5.41) is 0. The predicted molar refractivity (Wildman–Crippen MR) is 58.4 cm³/mol. The van der Waals surface area contributed by atoms with Crippen LogP contribution < -0.4 is 0 Å². The summed E-state index contributed by atoms with van der Waals surface area (Å²) in [5.41, 5.74) is 0.664. The van der Waals surface area contributed by atoms with Crippen LogP contribution >= 0.6 is 0 Å². The van der Waals surface area contributed by atoms with Crippen LogP contribution in [0.4, 0.5) is 0 Å². The molecule has 0 N–H and O–H groups in total. The average Bonchev–Trinajstić information content (AvgIpc) is 2.04. The smallest absolute Gasteiger partial charge is 0.186 e. The van der Waals surface area contributed by atoms with Crippen LogP contribution in [0.1, 0.15) is 19.8 Å². The molecule has 0 aromatic heterocycles. The molecule has 0 unspecified atom stereocenters. The quantitative estimate of drug-likeness (QED) is 0.487. The lowest BCUT2D eigenvalue weighted by Crippen LogP contribution is -2.28. The average molecular weight is 200 g/mol. The van der Waals surface area contributed by atoms with Crippen molar-refractivity contribution in [2.45, 2.75) is 38.9 Å². The number of hydrogen-bond donors (Lipinski definition) is 0. The molecule has 76 valence electrons. The van der Waals surface area contributed by atoms with Crippen molar-refractivity contribution >= 4 is 14.1 Å². The zero-order valence-corrected chi connectivity index (χ0v) is 10.1. The monoisotopic (exact) mass is 200 g/mol. The second kappa shape index (κ2) is 5.35. The van der Waals surface area contributed by atoms with Gasteiger partial charge in [-0.3, -0.25) is 4.79 Å². The highest BCUT2D eigenvalue weighted by atomic mass is 28.4. The molecule has 0 heterocycles. The van der Waals surface area contributed by atoms with Gasteiger partial charge >= 0.3 is 0 Å². The van der Waals surface area contributed by atoms with E-state index in [4.69, 9.17) is 4.43 Å². The summed E-state index contributed by atoms with van der Waals surface area (Å²) in [6, 6.07) is 1.04. The number of rotatable bonds is 6. The second-order valence-corrected chi connectivity index (χ2v) is 8.45. The Labute approximate surface area is 82.1 Å². The maximum Gasteiger partial charge on any atom is 0.186 e. The Morgan fingerprint density at radius 2 is 2.00 bits per heavy atom. The molecular weight excluding hydrogens is 180 g/mol. The molecular formula is C10H20O2Si. The van der Waals surface area contributed by atoms with E-state index < -0.39 is 8.32 Å². The van der Waals surface area contributed by atoms with E-state index in [-0.39, 0.29) is 5.78 Å². The minimum atomic E-state index is -1.46. The summed E-state index contributed by atoms with van der Waals surface area (Å²) < 4.78 is 5.39. The van der Waals surface area contributed by atoms with E-state index in [9.17, 15) is 4.79 Å². The van der Waals surface area contributed by atoms with Crippen molar-refractivity contribution < 1.29 is 9.22 Å². The second-order valence-electron chi connectivity index (χ2n) is 4.02. The van der Waals surface area contributed by atoms with Crippen molar-refractivity contribution in [3.63, 3.8) is 0 Å². The molecule has 0 amide bonds. The van der Waals surface area contributed by atoms with Gasteiger partial charge in [0.05, 0.1) is 0 Å². The Bertz CT molecular complexity index is 197. The third-order valence-electron chi connectivity index (χ3n) is 2.21. The van der Waals surface area contributed by atoms with Crippen molar-refractivity contribution in [3.05, 3.63) is 12.2 Å². The SMILES string of the molecule is C=C(C)C(=O)CCC[Si](C)(C)OC. The van der Waals surface area contributed by atoms with E-state index in [1.807, 2.05) is 0 Å². The van der Waals surface area contributed by atoms with Gasteiger partial charge in [0, 0.05) is 13.5 Å². The summed E-state index contributed by atoms with van der Waals surface area (Å²) >= 11 is 0. The van der Waals surface area contributed by atoms with Gasteiger partial charge in [-0.05, 0) is 38.1 Å². The van der Waals surface area contributed by atoms with Crippen LogP contribution in [0, 0.1) is 0 Å². The minimum Gasteiger partial charge on any atom is -0.420 e. The van der Waals surface area contributed by atoms with Crippen LogP contribution in [0.2, 0.25) is 19.1 Å². The predicted octanol–water partition coefficient (Wildman–Crippen LogP) is 2.76. The first kappa shape index (κ1) is 12.6. The van der Waals surface area contributed by atoms with Gasteiger partial charge < -0.3 is 4.43 Å². The van der Waals surface area contributed by atoms with E-state index in [0.29, 0.717) is 12.0 Å². The lowest BCUT2D eigenvalue weighted by molar-refractivity contribution is -0.115. The lowest BCUT2D eigenvalue weighted by atomic mass is 10.1. The first-order chi connectivity index (χ1) is 5.89. The van der Waals surface area contributed by atoms with Crippen molar-refractivity contribution in [2.75, 3.05) is 7.11 Å². The van der Waals surface area contributed by atoms with Crippen LogP contribution in [-0.2, 0) is 9.22 Å². The zero-order chi connectivity index (χ0) is 10.5. The van der Waals surface area contributed by atoms with Crippen LogP contribution in [0.15, 0.2) is 12.2 Å². The zero-order valence-electron chi connectivity index (χ0n) is 9.14. The summed E-state index contributed by atoms with van der Waals surface area (Å²) in [4.78, 5) is 11.2. The molecule has 2 nitrogen and oxygen atoms in total. The van der Waals surface area contributed by atoms with Crippen LogP contribution in [0.25, 0.3) is 0 Å². The van der Waals surface area contributed by atoms with Crippen molar-refractivity contribution in [1.29, 1.82) is 0 Å². The molecule has 0 saturated carbocycles. The standard InChI is InChI=1S/C10H20O2Si/c1-9(2)10(11)7-6-8-13(4,5)12-3/h1,6-8H2,2-5H3. The Morgan fingerprint density at radius 3 is 2.38 bits per heavy atom. The molecule has 0 spiro atoms. The van der Waals surface area contributed by atoms with E-state index >= 15 is 0 Å². The van der Waals surface area contributed by atoms with Crippen molar-refractivity contribution in [2.24, 2.45) is 0 Å². The van der Waals surface area contributed by atoms with E-state index in [1.54, 1.807) is 14.0 Å². The van der Waals surface area contributed by atoms with Crippen LogP contribution in [0.5, 0.6) is 0 Å². The summed E-state index contributed by atoms with van der Waals surface area (Å²) in [7, 11) is 0.296.